The van der Waals surface area contributed by atoms with Gasteiger partial charge in [0.25, 0.3) is 0 Å². The highest BCUT2D eigenvalue weighted by Crippen LogP contribution is 2.06. The van der Waals surface area contributed by atoms with Gasteiger partial charge in [-0.25, -0.2) is 0 Å². The quantitative estimate of drug-likeness (QED) is 0.546. The number of ether oxygens (including phenoxy) is 1. The molecule has 0 spiro atoms. The number of carbonyl (C=O) groups is 1. The van der Waals surface area contributed by atoms with E-state index in [1.807, 2.05) is 18.2 Å². The maximum atomic E-state index is 10.7. The maximum absolute atomic E-state index is 10.7. The number of hydrogen-bond acceptors (Lipinski definition) is 3. The van der Waals surface area contributed by atoms with Crippen LogP contribution in [-0.2, 0) is 16.0 Å². The molecule has 1 aromatic heterocycles. The number of aryl methyl sites for hydroxylation is 1. The van der Waals surface area contributed by atoms with E-state index in [2.05, 4.69) is 11.6 Å². The molecule has 0 aromatic carbocycles. The second kappa shape index (κ2) is 5.96. The average Bonchev–Trinajstić information content (AvgIpc) is 2.25. The highest BCUT2D eigenvalue weighted by molar-refractivity contribution is 5.66. The molecule has 3 heteroatoms. The van der Waals surface area contributed by atoms with Gasteiger partial charge in [-0.1, -0.05) is 18.7 Å². The van der Waals surface area contributed by atoms with E-state index >= 15 is 0 Å². The molecule has 1 atom stereocenters. The smallest absolute Gasteiger partial charge is 0.303 e. The summed E-state index contributed by atoms with van der Waals surface area (Å²) in [5, 5.41) is 0. The van der Waals surface area contributed by atoms with Crippen LogP contribution in [0.2, 0.25) is 0 Å². The van der Waals surface area contributed by atoms with E-state index in [-0.39, 0.29) is 12.1 Å². The van der Waals surface area contributed by atoms with Crippen molar-refractivity contribution in [1.29, 1.82) is 0 Å². The van der Waals surface area contributed by atoms with Gasteiger partial charge in [-0.15, -0.1) is 0 Å². The van der Waals surface area contributed by atoms with Crippen molar-refractivity contribution in [2.75, 3.05) is 0 Å². The predicted octanol–water partition coefficient (Wildman–Crippen LogP) is 2.13. The summed E-state index contributed by atoms with van der Waals surface area (Å²) >= 11 is 0. The first-order valence-corrected chi connectivity index (χ1v) is 4.92. The largest absolute Gasteiger partial charge is 0.458 e. The van der Waals surface area contributed by atoms with Crippen molar-refractivity contribution < 1.29 is 9.53 Å². The number of rotatable bonds is 5. The zero-order valence-corrected chi connectivity index (χ0v) is 8.85. The first-order chi connectivity index (χ1) is 7.22. The van der Waals surface area contributed by atoms with Crippen LogP contribution in [0.5, 0.6) is 0 Å². The van der Waals surface area contributed by atoms with Gasteiger partial charge in [-0.2, -0.15) is 0 Å². The Labute approximate surface area is 89.8 Å². The lowest BCUT2D eigenvalue weighted by atomic mass is 10.1. The molecule has 0 saturated carbocycles. The molecule has 1 unspecified atom stereocenters. The normalized spacial score (nSPS) is 11.8. The Bertz CT molecular complexity index is 322. The first kappa shape index (κ1) is 11.4. The molecule has 0 aliphatic heterocycles. The molecule has 0 fully saturated rings. The summed E-state index contributed by atoms with van der Waals surface area (Å²) < 4.78 is 5.04. The molecular formula is C12H15NO2. The minimum Gasteiger partial charge on any atom is -0.458 e. The van der Waals surface area contributed by atoms with Crippen molar-refractivity contribution in [1.82, 2.24) is 4.98 Å². The van der Waals surface area contributed by atoms with Gasteiger partial charge in [0, 0.05) is 18.8 Å². The van der Waals surface area contributed by atoms with Crippen LogP contribution in [0.4, 0.5) is 0 Å². The minimum atomic E-state index is -0.277. The van der Waals surface area contributed by atoms with E-state index in [9.17, 15) is 4.79 Å². The van der Waals surface area contributed by atoms with Crippen molar-refractivity contribution in [2.24, 2.45) is 0 Å². The molecule has 0 aliphatic carbocycles. The van der Waals surface area contributed by atoms with Gasteiger partial charge in [0.05, 0.1) is 0 Å². The van der Waals surface area contributed by atoms with Crippen LogP contribution in [0.25, 0.3) is 0 Å². The van der Waals surface area contributed by atoms with E-state index in [4.69, 9.17) is 4.74 Å². The topological polar surface area (TPSA) is 39.2 Å². The Balaban J connectivity index is 2.41. The van der Waals surface area contributed by atoms with Crippen LogP contribution in [-0.4, -0.2) is 17.1 Å². The second-order valence-electron chi connectivity index (χ2n) is 3.24. The van der Waals surface area contributed by atoms with Gasteiger partial charge in [-0.05, 0) is 25.0 Å². The van der Waals surface area contributed by atoms with Crippen LogP contribution in [0.3, 0.4) is 0 Å². The molecule has 3 nitrogen and oxygen atoms in total. The average molecular weight is 205 g/mol. The van der Waals surface area contributed by atoms with Gasteiger partial charge >= 0.3 is 5.97 Å². The van der Waals surface area contributed by atoms with Gasteiger partial charge in [-0.3, -0.25) is 9.78 Å². The van der Waals surface area contributed by atoms with Gasteiger partial charge in [0.1, 0.15) is 6.10 Å². The number of nitrogens with zero attached hydrogens (tertiary/aromatic N) is 1. The molecule has 0 radical (unpaired) electrons. The van der Waals surface area contributed by atoms with E-state index < -0.39 is 0 Å². The third-order valence-corrected chi connectivity index (χ3v) is 1.99. The fourth-order valence-corrected chi connectivity index (χ4v) is 1.27. The van der Waals surface area contributed by atoms with Crippen molar-refractivity contribution in [3.63, 3.8) is 0 Å². The summed E-state index contributed by atoms with van der Waals surface area (Å²) in [7, 11) is 0. The summed E-state index contributed by atoms with van der Waals surface area (Å²) in [5.41, 5.74) is 0.997. The fraction of sp³-hybridized carbons (Fsp3) is 0.333. The lowest BCUT2D eigenvalue weighted by Gasteiger charge is -2.11. The van der Waals surface area contributed by atoms with E-state index in [1.54, 1.807) is 12.3 Å². The van der Waals surface area contributed by atoms with Crippen molar-refractivity contribution in [3.05, 3.63) is 42.7 Å². The molecule has 0 aliphatic rings. The van der Waals surface area contributed by atoms with Crippen molar-refractivity contribution >= 4 is 5.97 Å². The fourth-order valence-electron chi connectivity index (χ4n) is 1.27. The van der Waals surface area contributed by atoms with Gasteiger partial charge < -0.3 is 4.74 Å². The van der Waals surface area contributed by atoms with Crippen LogP contribution in [0.1, 0.15) is 19.0 Å². The molecule has 1 aromatic rings. The molecule has 15 heavy (non-hydrogen) atoms. The Hall–Kier alpha value is -1.64. The third kappa shape index (κ3) is 4.40. The van der Waals surface area contributed by atoms with E-state index in [0.717, 1.165) is 18.5 Å². The Morgan fingerprint density at radius 3 is 3.00 bits per heavy atom. The Morgan fingerprint density at radius 1 is 1.67 bits per heavy atom. The Kier molecular flexibility index (Phi) is 4.54. The number of aromatic nitrogens is 1. The molecule has 0 N–H and O–H groups in total. The van der Waals surface area contributed by atoms with Crippen molar-refractivity contribution in [2.45, 2.75) is 25.9 Å². The molecule has 1 rings (SSSR count). The van der Waals surface area contributed by atoms with Crippen LogP contribution >= 0.6 is 0 Å². The minimum absolute atomic E-state index is 0.218. The van der Waals surface area contributed by atoms with Crippen LogP contribution in [0.15, 0.2) is 37.1 Å². The van der Waals surface area contributed by atoms with E-state index in [0.29, 0.717) is 0 Å². The van der Waals surface area contributed by atoms with Gasteiger partial charge in [0.2, 0.25) is 0 Å². The molecule has 0 bridgehead atoms. The summed E-state index contributed by atoms with van der Waals surface area (Å²) in [4.78, 5) is 14.9. The highest BCUT2D eigenvalue weighted by Gasteiger charge is 2.07. The molecule has 80 valence electrons. The first-order valence-electron chi connectivity index (χ1n) is 4.92. The Morgan fingerprint density at radius 2 is 2.47 bits per heavy atom. The number of carbonyl (C=O) groups excluding carboxylic acids is 1. The molecule has 1 heterocycles. The number of esters is 1. The monoisotopic (exact) mass is 205 g/mol. The molecular weight excluding hydrogens is 190 g/mol. The molecule has 0 saturated heterocycles. The zero-order valence-electron chi connectivity index (χ0n) is 8.85. The summed E-state index contributed by atoms with van der Waals surface area (Å²) in [6.45, 7) is 5.03. The second-order valence-corrected chi connectivity index (χ2v) is 3.24. The third-order valence-electron chi connectivity index (χ3n) is 1.99. The summed E-state index contributed by atoms with van der Waals surface area (Å²) in [6.07, 6.45) is 4.68. The number of hydrogen-bond donors (Lipinski definition) is 0. The number of pyridine rings is 1. The highest BCUT2D eigenvalue weighted by atomic mass is 16.5. The summed E-state index contributed by atoms with van der Waals surface area (Å²) in [5.74, 6) is -0.277. The standard InChI is InChI=1S/C12H15NO2/c1-3-12(15-10(2)14)8-7-11-6-4-5-9-13-11/h3-6,9,12H,1,7-8H2,2H3. The van der Waals surface area contributed by atoms with Gasteiger partial charge in [0.15, 0.2) is 0 Å². The zero-order chi connectivity index (χ0) is 11.1. The predicted molar refractivity (Wildman–Crippen MR) is 58.3 cm³/mol. The maximum Gasteiger partial charge on any atom is 0.303 e. The molecule has 0 amide bonds. The van der Waals surface area contributed by atoms with Crippen LogP contribution in [0, 0.1) is 0 Å². The van der Waals surface area contributed by atoms with E-state index in [1.165, 1.54) is 6.92 Å². The van der Waals surface area contributed by atoms with Crippen molar-refractivity contribution in [3.8, 4) is 0 Å². The lowest BCUT2D eigenvalue weighted by molar-refractivity contribution is -0.144. The lowest BCUT2D eigenvalue weighted by Crippen LogP contribution is -2.14. The summed E-state index contributed by atoms with van der Waals surface area (Å²) in [6, 6.07) is 5.77. The SMILES string of the molecule is C=CC(CCc1ccccn1)OC(C)=O. The van der Waals surface area contributed by atoms with Crippen LogP contribution < -0.4 is 0 Å².